The van der Waals surface area contributed by atoms with Crippen molar-refractivity contribution in [1.29, 1.82) is 0 Å². The first kappa shape index (κ1) is 13.9. The largest absolute Gasteiger partial charge is 0.351 e. The van der Waals surface area contributed by atoms with Crippen LogP contribution >= 0.6 is 12.4 Å². The number of benzene rings is 1. The van der Waals surface area contributed by atoms with Crippen LogP contribution in [0.5, 0.6) is 0 Å². The molecule has 0 unspecified atom stereocenters. The summed E-state index contributed by atoms with van der Waals surface area (Å²) in [7, 11) is 0. The van der Waals surface area contributed by atoms with E-state index in [0.29, 0.717) is 18.7 Å². The lowest BCUT2D eigenvalue weighted by molar-refractivity contribution is 0.0950. The van der Waals surface area contributed by atoms with Crippen molar-refractivity contribution in [3.8, 4) is 0 Å². The summed E-state index contributed by atoms with van der Waals surface area (Å²) in [6.45, 7) is 2.40. The summed E-state index contributed by atoms with van der Waals surface area (Å²) in [5, 5.41) is 2.53. The van der Waals surface area contributed by atoms with Gasteiger partial charge < -0.3 is 11.1 Å². The average molecular weight is 233 g/mol. The maximum absolute atomic E-state index is 13.2. The fraction of sp³-hybridized carbons (Fsp3) is 0.300. The third kappa shape index (κ3) is 3.49. The zero-order chi connectivity index (χ0) is 10.6. The maximum Gasteiger partial charge on any atom is 0.254 e. The van der Waals surface area contributed by atoms with E-state index in [1.165, 1.54) is 6.07 Å². The van der Waals surface area contributed by atoms with Gasteiger partial charge in [0, 0.05) is 13.1 Å². The highest BCUT2D eigenvalue weighted by atomic mass is 35.5. The fourth-order valence-corrected chi connectivity index (χ4v) is 1.19. The molecule has 0 radical (unpaired) electrons. The second-order valence-corrected chi connectivity index (χ2v) is 2.98. The third-order valence-electron chi connectivity index (χ3n) is 1.88. The molecule has 15 heavy (non-hydrogen) atoms. The molecule has 0 atom stereocenters. The minimum absolute atomic E-state index is 0. The molecule has 1 rings (SSSR count). The molecule has 0 aliphatic carbocycles. The number of carbonyl (C=O) groups is 1. The van der Waals surface area contributed by atoms with Crippen LogP contribution in [0.1, 0.15) is 15.9 Å². The van der Waals surface area contributed by atoms with E-state index in [4.69, 9.17) is 5.73 Å². The van der Waals surface area contributed by atoms with E-state index in [2.05, 4.69) is 5.32 Å². The monoisotopic (exact) mass is 232 g/mol. The van der Waals surface area contributed by atoms with Crippen LogP contribution in [0, 0.1) is 12.7 Å². The van der Waals surface area contributed by atoms with Gasteiger partial charge in [0.15, 0.2) is 0 Å². The summed E-state index contributed by atoms with van der Waals surface area (Å²) in [4.78, 5) is 11.4. The minimum atomic E-state index is -0.500. The standard InChI is InChI=1S/C10H13FN2O.ClH/c1-7-3-2-4-8(11)9(7)10(14)13-6-5-12;/h2-4H,5-6,12H2,1H3,(H,13,14);1H. The molecule has 1 amide bonds. The Bertz CT molecular complexity index is 324. The number of nitrogens with two attached hydrogens (primary N) is 1. The minimum Gasteiger partial charge on any atom is -0.351 e. The lowest BCUT2D eigenvalue weighted by atomic mass is 10.1. The number of hydrogen-bond acceptors (Lipinski definition) is 2. The first-order valence-corrected chi connectivity index (χ1v) is 4.40. The Morgan fingerprint density at radius 3 is 2.73 bits per heavy atom. The first-order valence-electron chi connectivity index (χ1n) is 4.40. The molecule has 3 nitrogen and oxygen atoms in total. The molecule has 0 saturated heterocycles. The molecule has 0 heterocycles. The van der Waals surface area contributed by atoms with Crippen molar-refractivity contribution in [2.75, 3.05) is 13.1 Å². The van der Waals surface area contributed by atoms with E-state index in [0.717, 1.165) is 0 Å². The van der Waals surface area contributed by atoms with Crippen molar-refractivity contribution < 1.29 is 9.18 Å². The summed E-state index contributed by atoms with van der Waals surface area (Å²) in [5.41, 5.74) is 5.95. The van der Waals surface area contributed by atoms with Crippen LogP contribution in [-0.2, 0) is 0 Å². The molecular formula is C10H14ClFN2O. The molecule has 0 aliphatic heterocycles. The molecule has 0 spiro atoms. The van der Waals surface area contributed by atoms with Crippen LogP contribution < -0.4 is 11.1 Å². The molecule has 0 aliphatic rings. The third-order valence-corrected chi connectivity index (χ3v) is 1.88. The number of rotatable bonds is 3. The molecule has 3 N–H and O–H groups in total. The summed E-state index contributed by atoms with van der Waals surface area (Å²) in [6, 6.07) is 4.54. The van der Waals surface area contributed by atoms with E-state index >= 15 is 0 Å². The predicted octanol–water partition coefficient (Wildman–Crippen LogP) is 1.24. The normalized spacial score (nSPS) is 9.27. The number of halogens is 2. The van der Waals surface area contributed by atoms with Crippen molar-refractivity contribution >= 4 is 18.3 Å². The quantitative estimate of drug-likeness (QED) is 0.824. The van der Waals surface area contributed by atoms with E-state index in [9.17, 15) is 9.18 Å². The van der Waals surface area contributed by atoms with E-state index in [1.807, 2.05) is 0 Å². The van der Waals surface area contributed by atoms with Crippen molar-refractivity contribution in [2.45, 2.75) is 6.92 Å². The molecule has 0 fully saturated rings. The number of amides is 1. The van der Waals surface area contributed by atoms with Gasteiger partial charge in [0.25, 0.3) is 5.91 Å². The Hall–Kier alpha value is -1.13. The zero-order valence-electron chi connectivity index (χ0n) is 8.42. The molecule has 5 heteroatoms. The Balaban J connectivity index is 0.00000196. The predicted molar refractivity (Wildman–Crippen MR) is 59.8 cm³/mol. The summed E-state index contributed by atoms with van der Waals surface area (Å²) in [6.07, 6.45) is 0. The average Bonchev–Trinajstić information content (AvgIpc) is 2.14. The van der Waals surface area contributed by atoms with E-state index < -0.39 is 11.7 Å². The summed E-state index contributed by atoms with van der Waals surface area (Å²) in [5.74, 6) is -0.912. The molecule has 0 saturated carbocycles. The van der Waals surface area contributed by atoms with Crippen molar-refractivity contribution in [3.05, 3.63) is 35.1 Å². The highest BCUT2D eigenvalue weighted by Crippen LogP contribution is 2.11. The second-order valence-electron chi connectivity index (χ2n) is 2.98. The fourth-order valence-electron chi connectivity index (χ4n) is 1.19. The van der Waals surface area contributed by atoms with Gasteiger partial charge in [-0.2, -0.15) is 0 Å². The van der Waals surface area contributed by atoms with Gasteiger partial charge in [0.05, 0.1) is 5.56 Å². The number of carbonyl (C=O) groups excluding carboxylic acids is 1. The van der Waals surface area contributed by atoms with Crippen LogP contribution in [0.2, 0.25) is 0 Å². The SMILES string of the molecule is Cc1cccc(F)c1C(=O)NCCN.Cl. The van der Waals surface area contributed by atoms with Crippen molar-refractivity contribution in [1.82, 2.24) is 5.32 Å². The van der Waals surface area contributed by atoms with Gasteiger partial charge in [0.1, 0.15) is 5.82 Å². The van der Waals surface area contributed by atoms with E-state index in [-0.39, 0.29) is 18.0 Å². The van der Waals surface area contributed by atoms with Crippen molar-refractivity contribution in [3.63, 3.8) is 0 Å². The van der Waals surface area contributed by atoms with Crippen LogP contribution in [-0.4, -0.2) is 19.0 Å². The van der Waals surface area contributed by atoms with E-state index in [1.54, 1.807) is 19.1 Å². The zero-order valence-corrected chi connectivity index (χ0v) is 9.23. The van der Waals surface area contributed by atoms with Gasteiger partial charge in [-0.3, -0.25) is 4.79 Å². The summed E-state index contributed by atoms with van der Waals surface area (Å²) >= 11 is 0. The molecule has 1 aromatic carbocycles. The van der Waals surface area contributed by atoms with Gasteiger partial charge >= 0.3 is 0 Å². The number of nitrogens with one attached hydrogen (secondary N) is 1. The Morgan fingerprint density at radius 2 is 2.20 bits per heavy atom. The Morgan fingerprint density at radius 1 is 1.53 bits per heavy atom. The molecule has 0 bridgehead atoms. The van der Waals surface area contributed by atoms with Crippen LogP contribution in [0.25, 0.3) is 0 Å². The van der Waals surface area contributed by atoms with Crippen LogP contribution in [0.4, 0.5) is 4.39 Å². The molecule has 0 aromatic heterocycles. The number of hydrogen-bond donors (Lipinski definition) is 2. The first-order chi connectivity index (χ1) is 6.66. The number of aryl methyl sites for hydroxylation is 1. The highest BCUT2D eigenvalue weighted by Gasteiger charge is 2.12. The summed E-state index contributed by atoms with van der Waals surface area (Å²) < 4.78 is 13.2. The van der Waals surface area contributed by atoms with Gasteiger partial charge in [0.2, 0.25) is 0 Å². The van der Waals surface area contributed by atoms with Crippen molar-refractivity contribution in [2.24, 2.45) is 5.73 Å². The second kappa shape index (κ2) is 6.37. The van der Waals surface area contributed by atoms with Gasteiger partial charge in [-0.05, 0) is 18.6 Å². The Kier molecular flexibility index (Phi) is 5.89. The van der Waals surface area contributed by atoms with Crippen LogP contribution in [0.3, 0.4) is 0 Å². The molecular weight excluding hydrogens is 219 g/mol. The van der Waals surface area contributed by atoms with Gasteiger partial charge in [-0.25, -0.2) is 4.39 Å². The Labute approximate surface area is 94.3 Å². The lowest BCUT2D eigenvalue weighted by Crippen LogP contribution is -2.30. The lowest BCUT2D eigenvalue weighted by Gasteiger charge is -2.07. The smallest absolute Gasteiger partial charge is 0.254 e. The van der Waals surface area contributed by atoms with Gasteiger partial charge in [-0.15, -0.1) is 12.4 Å². The topological polar surface area (TPSA) is 55.1 Å². The maximum atomic E-state index is 13.2. The van der Waals surface area contributed by atoms with Gasteiger partial charge in [-0.1, -0.05) is 12.1 Å². The molecule has 1 aromatic rings. The molecule has 84 valence electrons. The highest BCUT2D eigenvalue weighted by molar-refractivity contribution is 5.95. The van der Waals surface area contributed by atoms with Crippen LogP contribution in [0.15, 0.2) is 18.2 Å².